The molecule has 0 atom stereocenters. The summed E-state index contributed by atoms with van der Waals surface area (Å²) in [5, 5.41) is 14.4. The van der Waals surface area contributed by atoms with Gasteiger partial charge in [-0.2, -0.15) is 8.78 Å². The number of amides is 1. The second kappa shape index (κ2) is 11.3. The van der Waals surface area contributed by atoms with Gasteiger partial charge in [-0.3, -0.25) is 4.79 Å². The normalized spacial score (nSPS) is 14.7. The van der Waals surface area contributed by atoms with Gasteiger partial charge in [0.1, 0.15) is 5.82 Å². The molecule has 1 aliphatic carbocycles. The number of hydrogen-bond acceptors (Lipinski definition) is 6. The van der Waals surface area contributed by atoms with E-state index in [4.69, 9.17) is 0 Å². The lowest BCUT2D eigenvalue weighted by Crippen LogP contribution is -2.18. The lowest BCUT2D eigenvalue weighted by atomic mass is 9.95. The van der Waals surface area contributed by atoms with E-state index in [0.29, 0.717) is 28.4 Å². The van der Waals surface area contributed by atoms with Crippen LogP contribution in [0.4, 0.5) is 14.5 Å². The SMILES string of the molecule is O=C(CSc1nnc(Cc2cccs2)n1C1CCCCC1)Nc1ccccc1SC(F)F. The van der Waals surface area contributed by atoms with Crippen LogP contribution in [0, 0.1) is 0 Å². The number of hydrogen-bond donors (Lipinski definition) is 1. The molecule has 32 heavy (non-hydrogen) atoms. The average molecular weight is 495 g/mol. The van der Waals surface area contributed by atoms with E-state index in [9.17, 15) is 13.6 Å². The number of rotatable bonds is 9. The minimum absolute atomic E-state index is 0.136. The van der Waals surface area contributed by atoms with Crippen LogP contribution in [-0.4, -0.2) is 32.2 Å². The Morgan fingerprint density at radius 2 is 1.97 bits per heavy atom. The number of thioether (sulfide) groups is 2. The molecule has 5 nitrogen and oxygen atoms in total. The number of carbonyl (C=O) groups is 1. The van der Waals surface area contributed by atoms with Gasteiger partial charge >= 0.3 is 0 Å². The Morgan fingerprint density at radius 1 is 1.16 bits per heavy atom. The molecule has 2 heterocycles. The minimum Gasteiger partial charge on any atom is -0.324 e. The fourth-order valence-corrected chi connectivity index (χ4v) is 6.01. The Labute approximate surface area is 198 Å². The molecule has 4 rings (SSSR count). The van der Waals surface area contributed by atoms with Gasteiger partial charge in [0.25, 0.3) is 5.76 Å². The van der Waals surface area contributed by atoms with Gasteiger partial charge in [0.15, 0.2) is 5.16 Å². The van der Waals surface area contributed by atoms with E-state index < -0.39 is 5.76 Å². The van der Waals surface area contributed by atoms with Gasteiger partial charge in [-0.1, -0.05) is 61.0 Å². The minimum atomic E-state index is -2.54. The van der Waals surface area contributed by atoms with E-state index in [1.807, 2.05) is 6.07 Å². The van der Waals surface area contributed by atoms with E-state index in [1.165, 1.54) is 35.9 Å². The first kappa shape index (κ1) is 23.3. The number of alkyl halides is 2. The highest BCUT2D eigenvalue weighted by Gasteiger charge is 2.24. The van der Waals surface area contributed by atoms with Crippen LogP contribution in [0.3, 0.4) is 0 Å². The third-order valence-electron chi connectivity index (χ3n) is 5.30. The van der Waals surface area contributed by atoms with Gasteiger partial charge in [0.05, 0.1) is 11.4 Å². The molecular weight excluding hydrogens is 470 g/mol. The van der Waals surface area contributed by atoms with Crippen molar-refractivity contribution in [1.29, 1.82) is 0 Å². The Balaban J connectivity index is 1.46. The number of thiophene rings is 1. The predicted molar refractivity (Wildman–Crippen MR) is 127 cm³/mol. The largest absolute Gasteiger partial charge is 0.324 e. The summed E-state index contributed by atoms with van der Waals surface area (Å²) in [6.07, 6.45) is 6.53. The zero-order valence-corrected chi connectivity index (χ0v) is 19.8. The quantitative estimate of drug-likeness (QED) is 0.345. The van der Waals surface area contributed by atoms with Gasteiger partial charge in [-0.15, -0.1) is 21.5 Å². The average Bonchev–Trinajstić information content (AvgIpc) is 3.44. The molecule has 10 heteroatoms. The van der Waals surface area contributed by atoms with Crippen molar-refractivity contribution < 1.29 is 13.6 Å². The van der Waals surface area contributed by atoms with Crippen LogP contribution < -0.4 is 5.32 Å². The molecule has 1 fully saturated rings. The summed E-state index contributed by atoms with van der Waals surface area (Å²) in [4.78, 5) is 14.2. The number of carbonyl (C=O) groups excluding carboxylic acids is 1. The smallest absolute Gasteiger partial charge is 0.288 e. The van der Waals surface area contributed by atoms with Crippen LogP contribution in [-0.2, 0) is 11.2 Å². The first-order valence-electron chi connectivity index (χ1n) is 10.5. The summed E-state index contributed by atoms with van der Waals surface area (Å²) in [5.41, 5.74) is 0.399. The maximum absolute atomic E-state index is 12.8. The summed E-state index contributed by atoms with van der Waals surface area (Å²) in [6, 6.07) is 11.1. The second-order valence-electron chi connectivity index (χ2n) is 7.53. The summed E-state index contributed by atoms with van der Waals surface area (Å²) in [6.45, 7) is 0. The van der Waals surface area contributed by atoms with Crippen LogP contribution in [0.5, 0.6) is 0 Å². The number of aromatic nitrogens is 3. The summed E-state index contributed by atoms with van der Waals surface area (Å²) in [7, 11) is 0. The fraction of sp³-hybridized carbons (Fsp3) is 0.409. The molecule has 0 spiro atoms. The lowest BCUT2D eigenvalue weighted by molar-refractivity contribution is -0.113. The van der Waals surface area contributed by atoms with Gasteiger partial charge in [-0.05, 0) is 36.4 Å². The van der Waals surface area contributed by atoms with E-state index in [0.717, 1.165) is 30.2 Å². The molecule has 2 aromatic heterocycles. The van der Waals surface area contributed by atoms with Gasteiger partial charge in [0, 0.05) is 22.2 Å². The number of benzene rings is 1. The second-order valence-corrected chi connectivity index (χ2v) is 10.5. The van der Waals surface area contributed by atoms with E-state index >= 15 is 0 Å². The van der Waals surface area contributed by atoms with Crippen molar-refractivity contribution >= 4 is 46.5 Å². The summed E-state index contributed by atoms with van der Waals surface area (Å²) >= 11 is 3.47. The molecule has 1 aliphatic rings. The van der Waals surface area contributed by atoms with Crippen LogP contribution in [0.1, 0.15) is 48.8 Å². The molecule has 1 N–H and O–H groups in total. The highest BCUT2D eigenvalue weighted by molar-refractivity contribution is 8.00. The van der Waals surface area contributed by atoms with Crippen LogP contribution in [0.25, 0.3) is 0 Å². The first-order chi connectivity index (χ1) is 15.6. The van der Waals surface area contributed by atoms with E-state index in [-0.39, 0.29) is 11.7 Å². The molecule has 0 bridgehead atoms. The molecule has 0 unspecified atom stereocenters. The molecule has 0 saturated heterocycles. The van der Waals surface area contributed by atoms with Crippen LogP contribution in [0.15, 0.2) is 51.8 Å². The molecule has 3 aromatic rings. The van der Waals surface area contributed by atoms with Gasteiger partial charge in [0.2, 0.25) is 5.91 Å². The number of nitrogens with one attached hydrogen (secondary N) is 1. The van der Waals surface area contributed by atoms with E-state index in [1.54, 1.807) is 35.6 Å². The standard InChI is InChI=1S/C22H24F2N4OS3/c23-21(24)32-18-11-5-4-10-17(18)25-20(29)14-31-22-27-26-19(13-16-9-6-12-30-16)28(22)15-7-2-1-3-8-15/h4-6,9-12,15,21H,1-3,7-8,13-14H2,(H,25,29). The number of para-hydroxylation sites is 1. The maximum Gasteiger partial charge on any atom is 0.288 e. The topological polar surface area (TPSA) is 59.8 Å². The highest BCUT2D eigenvalue weighted by Crippen LogP contribution is 2.34. The molecule has 170 valence electrons. The van der Waals surface area contributed by atoms with Crippen molar-refractivity contribution in [2.75, 3.05) is 11.1 Å². The number of halogens is 2. The molecule has 0 radical (unpaired) electrons. The first-order valence-corrected chi connectivity index (χ1v) is 13.3. The monoisotopic (exact) mass is 494 g/mol. The van der Waals surface area contributed by atoms with Crippen molar-refractivity contribution in [3.8, 4) is 0 Å². The number of nitrogens with zero attached hydrogens (tertiary/aromatic N) is 3. The van der Waals surface area contributed by atoms with Gasteiger partial charge < -0.3 is 9.88 Å². The van der Waals surface area contributed by atoms with Crippen LogP contribution in [0.2, 0.25) is 0 Å². The van der Waals surface area contributed by atoms with E-state index in [2.05, 4.69) is 31.5 Å². The molecular formula is C22H24F2N4OS3. The highest BCUT2D eigenvalue weighted by atomic mass is 32.2. The molecule has 0 aliphatic heterocycles. The zero-order valence-electron chi connectivity index (χ0n) is 17.4. The third-order valence-corrected chi connectivity index (χ3v) is 7.90. The Hall–Kier alpha value is -1.91. The molecule has 1 aromatic carbocycles. The molecule has 1 saturated carbocycles. The van der Waals surface area contributed by atoms with Crippen molar-refractivity contribution in [2.24, 2.45) is 0 Å². The van der Waals surface area contributed by atoms with Crippen molar-refractivity contribution in [1.82, 2.24) is 14.8 Å². The predicted octanol–water partition coefficient (Wildman–Crippen LogP) is 6.48. The van der Waals surface area contributed by atoms with Crippen molar-refractivity contribution in [2.45, 2.75) is 60.4 Å². The Kier molecular flexibility index (Phi) is 8.20. The lowest BCUT2D eigenvalue weighted by Gasteiger charge is -2.25. The summed E-state index contributed by atoms with van der Waals surface area (Å²) < 4.78 is 27.8. The van der Waals surface area contributed by atoms with Gasteiger partial charge in [-0.25, -0.2) is 0 Å². The van der Waals surface area contributed by atoms with Crippen LogP contribution >= 0.6 is 34.9 Å². The Morgan fingerprint density at radius 3 is 2.72 bits per heavy atom. The maximum atomic E-state index is 12.8. The van der Waals surface area contributed by atoms with Crippen molar-refractivity contribution in [3.05, 3.63) is 52.5 Å². The summed E-state index contributed by atoms with van der Waals surface area (Å²) in [5.74, 6) is -1.73. The third kappa shape index (κ3) is 6.11. The molecule has 1 amide bonds. The zero-order chi connectivity index (χ0) is 22.3. The van der Waals surface area contributed by atoms with Crippen molar-refractivity contribution in [3.63, 3.8) is 0 Å². The Bertz CT molecular complexity index is 1020. The fourth-order valence-electron chi connectivity index (χ4n) is 3.89. The number of anilines is 1.